The van der Waals surface area contributed by atoms with Gasteiger partial charge in [-0.25, -0.2) is 5.43 Å². The van der Waals surface area contributed by atoms with Crippen LogP contribution in [0.25, 0.3) is 10.9 Å². The van der Waals surface area contributed by atoms with Crippen LogP contribution >= 0.6 is 0 Å². The van der Waals surface area contributed by atoms with Crippen molar-refractivity contribution in [3.05, 3.63) is 65.9 Å². The highest BCUT2D eigenvalue weighted by Gasteiger charge is 2.12. The molecule has 0 atom stereocenters. The van der Waals surface area contributed by atoms with Crippen LogP contribution in [-0.2, 0) is 16.1 Å². The van der Waals surface area contributed by atoms with Gasteiger partial charge >= 0.3 is 11.8 Å². The van der Waals surface area contributed by atoms with Gasteiger partial charge in [0, 0.05) is 29.2 Å². The summed E-state index contributed by atoms with van der Waals surface area (Å²) in [5.41, 5.74) is 4.87. The van der Waals surface area contributed by atoms with Gasteiger partial charge in [0.1, 0.15) is 5.75 Å². The number of carbonyl (C=O) groups is 2. The Morgan fingerprint density at radius 3 is 2.65 bits per heavy atom. The third-order valence-corrected chi connectivity index (χ3v) is 3.81. The predicted molar refractivity (Wildman–Crippen MR) is 98.9 cm³/mol. The van der Waals surface area contributed by atoms with Gasteiger partial charge in [-0.05, 0) is 23.8 Å². The highest BCUT2D eigenvalue weighted by Crippen LogP contribution is 2.15. The van der Waals surface area contributed by atoms with Crippen molar-refractivity contribution in [3.8, 4) is 5.75 Å². The normalized spacial score (nSPS) is 10.8. The fraction of sp³-hybridized carbons (Fsp3) is 0.105. The summed E-state index contributed by atoms with van der Waals surface area (Å²) in [5, 5.41) is 7.36. The number of para-hydroxylation sites is 1. The van der Waals surface area contributed by atoms with Gasteiger partial charge in [-0.3, -0.25) is 9.59 Å². The Labute approximate surface area is 150 Å². The molecule has 26 heavy (non-hydrogen) atoms. The molecule has 0 aliphatic carbocycles. The number of fused-ring (bicyclic) bond motifs is 1. The number of carbonyl (C=O) groups excluding carboxylic acids is 2. The minimum atomic E-state index is -0.824. The molecular weight excluding hydrogens is 332 g/mol. The molecule has 132 valence electrons. The minimum absolute atomic E-state index is 0.239. The van der Waals surface area contributed by atoms with E-state index in [0.717, 1.165) is 27.8 Å². The molecule has 7 nitrogen and oxygen atoms in total. The number of hydrazone groups is 1. The molecule has 0 fully saturated rings. The maximum absolute atomic E-state index is 11.8. The van der Waals surface area contributed by atoms with Crippen LogP contribution in [0.15, 0.2) is 59.8 Å². The molecule has 3 N–H and O–H groups in total. The number of methoxy groups -OCH3 is 1. The molecule has 2 amide bonds. The molecule has 0 aliphatic heterocycles. The summed E-state index contributed by atoms with van der Waals surface area (Å²) in [6.07, 6.45) is 3.28. The Kier molecular flexibility index (Phi) is 5.28. The number of nitrogens with zero attached hydrogens (tertiary/aromatic N) is 1. The van der Waals surface area contributed by atoms with E-state index in [1.807, 2.05) is 36.4 Å². The van der Waals surface area contributed by atoms with E-state index in [4.69, 9.17) is 4.74 Å². The highest BCUT2D eigenvalue weighted by atomic mass is 16.5. The summed E-state index contributed by atoms with van der Waals surface area (Å²) in [4.78, 5) is 26.7. The first-order valence-corrected chi connectivity index (χ1v) is 7.97. The Hall–Kier alpha value is -3.61. The number of nitrogens with one attached hydrogen (secondary N) is 3. The second-order valence-corrected chi connectivity index (χ2v) is 5.52. The second kappa shape index (κ2) is 7.98. The molecular formula is C19H18N4O3. The zero-order valence-corrected chi connectivity index (χ0v) is 14.2. The molecule has 3 rings (SSSR count). The third kappa shape index (κ3) is 4.07. The Balaban J connectivity index is 1.51. The van der Waals surface area contributed by atoms with Gasteiger partial charge in [0.2, 0.25) is 0 Å². The lowest BCUT2D eigenvalue weighted by molar-refractivity contribution is -0.139. The standard InChI is InChI=1S/C19H18N4O3/c1-26-15-8-6-13(7-9-15)10-21-18(24)19(25)23-22-12-14-11-20-17-5-3-2-4-16(14)17/h2-9,11-12,20H,10H2,1H3,(H,21,24)(H,23,25)/b22-12+. The van der Waals surface area contributed by atoms with E-state index in [2.05, 4.69) is 20.8 Å². The van der Waals surface area contributed by atoms with Crippen molar-refractivity contribution >= 4 is 28.9 Å². The van der Waals surface area contributed by atoms with Crippen LogP contribution in [0.2, 0.25) is 0 Å². The van der Waals surface area contributed by atoms with Crippen molar-refractivity contribution in [2.75, 3.05) is 7.11 Å². The number of rotatable bonds is 5. The summed E-state index contributed by atoms with van der Waals surface area (Å²) in [7, 11) is 1.58. The Morgan fingerprint density at radius 1 is 1.12 bits per heavy atom. The zero-order chi connectivity index (χ0) is 18.4. The van der Waals surface area contributed by atoms with Crippen LogP contribution in [0.5, 0.6) is 5.75 Å². The van der Waals surface area contributed by atoms with Gasteiger partial charge in [-0.15, -0.1) is 0 Å². The number of benzene rings is 2. The number of ether oxygens (including phenoxy) is 1. The molecule has 0 radical (unpaired) electrons. The van der Waals surface area contributed by atoms with Crippen molar-refractivity contribution in [1.29, 1.82) is 0 Å². The van der Waals surface area contributed by atoms with Crippen LogP contribution < -0.4 is 15.5 Å². The fourth-order valence-electron chi connectivity index (χ4n) is 2.42. The average Bonchev–Trinajstić information content (AvgIpc) is 3.09. The summed E-state index contributed by atoms with van der Waals surface area (Å²) in [5.74, 6) is -0.851. The first kappa shape index (κ1) is 17.2. The van der Waals surface area contributed by atoms with E-state index in [9.17, 15) is 9.59 Å². The molecule has 0 bridgehead atoms. The van der Waals surface area contributed by atoms with E-state index in [-0.39, 0.29) is 6.54 Å². The van der Waals surface area contributed by atoms with Gasteiger partial charge in [0.15, 0.2) is 0 Å². The lowest BCUT2D eigenvalue weighted by Gasteiger charge is -2.05. The maximum Gasteiger partial charge on any atom is 0.329 e. The van der Waals surface area contributed by atoms with E-state index in [0.29, 0.717) is 0 Å². The van der Waals surface area contributed by atoms with Crippen LogP contribution in [0, 0.1) is 0 Å². The van der Waals surface area contributed by atoms with Crippen LogP contribution in [0.3, 0.4) is 0 Å². The van der Waals surface area contributed by atoms with Crippen molar-refractivity contribution in [1.82, 2.24) is 15.7 Å². The predicted octanol–water partition coefficient (Wildman–Crippen LogP) is 1.94. The maximum atomic E-state index is 11.8. The summed E-state index contributed by atoms with van der Waals surface area (Å²) in [6.45, 7) is 0.239. The molecule has 0 saturated heterocycles. The monoisotopic (exact) mass is 350 g/mol. The Bertz CT molecular complexity index is 945. The van der Waals surface area contributed by atoms with E-state index >= 15 is 0 Å². The molecule has 1 aromatic heterocycles. The largest absolute Gasteiger partial charge is 0.497 e. The van der Waals surface area contributed by atoms with Gasteiger partial charge in [0.25, 0.3) is 0 Å². The number of hydrogen-bond acceptors (Lipinski definition) is 4. The third-order valence-electron chi connectivity index (χ3n) is 3.81. The fourth-order valence-corrected chi connectivity index (χ4v) is 2.42. The molecule has 7 heteroatoms. The summed E-state index contributed by atoms with van der Waals surface area (Å²) < 4.78 is 5.07. The zero-order valence-electron chi connectivity index (χ0n) is 14.2. The Morgan fingerprint density at radius 2 is 1.88 bits per heavy atom. The number of amides is 2. The molecule has 0 saturated carbocycles. The van der Waals surface area contributed by atoms with E-state index < -0.39 is 11.8 Å². The first-order valence-electron chi connectivity index (χ1n) is 7.97. The summed E-state index contributed by atoms with van der Waals surface area (Å²) >= 11 is 0. The number of aromatic amines is 1. The average molecular weight is 350 g/mol. The highest BCUT2D eigenvalue weighted by molar-refractivity contribution is 6.35. The minimum Gasteiger partial charge on any atom is -0.497 e. The van der Waals surface area contributed by atoms with Crippen LogP contribution in [0.1, 0.15) is 11.1 Å². The number of aromatic nitrogens is 1. The van der Waals surface area contributed by atoms with Crippen LogP contribution in [-0.4, -0.2) is 30.1 Å². The molecule has 0 spiro atoms. The van der Waals surface area contributed by atoms with Crippen molar-refractivity contribution in [2.24, 2.45) is 5.10 Å². The first-order chi connectivity index (χ1) is 12.7. The van der Waals surface area contributed by atoms with Crippen molar-refractivity contribution in [2.45, 2.75) is 6.54 Å². The lowest BCUT2D eigenvalue weighted by atomic mass is 10.2. The number of hydrogen-bond donors (Lipinski definition) is 3. The molecule has 1 heterocycles. The molecule has 3 aromatic rings. The van der Waals surface area contributed by atoms with Gasteiger partial charge in [0.05, 0.1) is 13.3 Å². The van der Waals surface area contributed by atoms with Crippen LogP contribution in [0.4, 0.5) is 0 Å². The van der Waals surface area contributed by atoms with Crippen molar-refractivity contribution in [3.63, 3.8) is 0 Å². The van der Waals surface area contributed by atoms with E-state index in [1.54, 1.807) is 25.4 Å². The SMILES string of the molecule is COc1ccc(CNC(=O)C(=O)N/N=C/c2c[nH]c3ccccc23)cc1. The summed E-state index contributed by atoms with van der Waals surface area (Å²) in [6, 6.07) is 14.9. The topological polar surface area (TPSA) is 95.6 Å². The molecule has 0 unspecified atom stereocenters. The van der Waals surface area contributed by atoms with E-state index in [1.165, 1.54) is 6.21 Å². The quantitative estimate of drug-likeness (QED) is 0.373. The second-order valence-electron chi connectivity index (χ2n) is 5.52. The van der Waals surface area contributed by atoms with Gasteiger partial charge in [-0.2, -0.15) is 5.10 Å². The van der Waals surface area contributed by atoms with Gasteiger partial charge in [-0.1, -0.05) is 30.3 Å². The lowest BCUT2D eigenvalue weighted by Crippen LogP contribution is -2.37. The number of H-pyrrole nitrogens is 1. The molecule has 2 aromatic carbocycles. The van der Waals surface area contributed by atoms with Crippen molar-refractivity contribution < 1.29 is 14.3 Å². The molecule has 0 aliphatic rings. The van der Waals surface area contributed by atoms with Gasteiger partial charge < -0.3 is 15.0 Å². The smallest absolute Gasteiger partial charge is 0.329 e.